The summed E-state index contributed by atoms with van der Waals surface area (Å²) in [6.45, 7) is 0. The van der Waals surface area contributed by atoms with E-state index in [1.807, 2.05) is 48.6 Å². The Morgan fingerprint density at radius 1 is 0.727 bits per heavy atom. The maximum Gasteiger partial charge on any atom is 0.203 e. The molecule has 0 aromatic heterocycles. The molecular formula is C27H27NO5. The Hall–Kier alpha value is -4.19. The zero-order valence-corrected chi connectivity index (χ0v) is 19.1. The molecule has 3 aromatic carbocycles. The summed E-state index contributed by atoms with van der Waals surface area (Å²) in [6, 6.07) is 18.6. The average molecular weight is 446 g/mol. The maximum atomic E-state index is 12.2. The Bertz CT molecular complexity index is 1110. The van der Waals surface area contributed by atoms with Crippen molar-refractivity contribution < 1.29 is 23.7 Å². The monoisotopic (exact) mass is 445 g/mol. The van der Waals surface area contributed by atoms with Gasteiger partial charge < -0.3 is 24.3 Å². The van der Waals surface area contributed by atoms with Crippen molar-refractivity contribution in [3.63, 3.8) is 0 Å². The lowest BCUT2D eigenvalue weighted by atomic mass is 10.1. The minimum atomic E-state index is -0.0879. The van der Waals surface area contributed by atoms with Crippen molar-refractivity contribution in [2.24, 2.45) is 0 Å². The van der Waals surface area contributed by atoms with Gasteiger partial charge in [0.2, 0.25) is 5.75 Å². The summed E-state index contributed by atoms with van der Waals surface area (Å²) in [6.07, 6.45) is 7.10. The molecule has 0 amide bonds. The first-order chi connectivity index (χ1) is 16.1. The highest BCUT2D eigenvalue weighted by Gasteiger charge is 2.11. The molecule has 6 heteroatoms. The number of carbonyl (C=O) groups excluding carboxylic acids is 1. The van der Waals surface area contributed by atoms with Crippen molar-refractivity contribution in [1.29, 1.82) is 0 Å². The predicted molar refractivity (Wildman–Crippen MR) is 132 cm³/mol. The van der Waals surface area contributed by atoms with Crippen molar-refractivity contribution >= 4 is 23.6 Å². The number of rotatable bonds is 10. The van der Waals surface area contributed by atoms with Crippen LogP contribution in [0, 0.1) is 0 Å². The van der Waals surface area contributed by atoms with Crippen LogP contribution in [0.2, 0.25) is 0 Å². The number of hydrogen-bond donors (Lipinski definition) is 1. The molecule has 0 aliphatic carbocycles. The number of carbonyl (C=O) groups is 1. The van der Waals surface area contributed by atoms with E-state index in [1.54, 1.807) is 58.9 Å². The van der Waals surface area contributed by atoms with Gasteiger partial charge in [0.25, 0.3) is 0 Å². The third kappa shape index (κ3) is 6.17. The molecule has 0 heterocycles. The van der Waals surface area contributed by atoms with Crippen molar-refractivity contribution in [3.05, 3.63) is 89.6 Å². The predicted octanol–water partition coefficient (Wildman–Crippen LogP) is 5.70. The van der Waals surface area contributed by atoms with E-state index in [1.165, 1.54) is 6.08 Å². The van der Waals surface area contributed by atoms with Crippen molar-refractivity contribution in [2.45, 2.75) is 0 Å². The third-order valence-corrected chi connectivity index (χ3v) is 4.93. The Kier molecular flexibility index (Phi) is 8.13. The van der Waals surface area contributed by atoms with E-state index in [9.17, 15) is 4.79 Å². The molecule has 0 atom stereocenters. The minimum Gasteiger partial charge on any atom is -0.497 e. The summed E-state index contributed by atoms with van der Waals surface area (Å²) in [7, 11) is 6.36. The van der Waals surface area contributed by atoms with Crippen LogP contribution >= 0.6 is 0 Å². The van der Waals surface area contributed by atoms with Crippen LogP contribution in [0.4, 0.5) is 5.69 Å². The summed E-state index contributed by atoms with van der Waals surface area (Å²) in [4.78, 5) is 12.2. The van der Waals surface area contributed by atoms with Crippen molar-refractivity contribution in [1.82, 2.24) is 0 Å². The third-order valence-electron chi connectivity index (χ3n) is 4.93. The normalized spacial score (nSPS) is 10.9. The van der Waals surface area contributed by atoms with E-state index in [0.29, 0.717) is 28.6 Å². The molecule has 0 unspecified atom stereocenters. The molecule has 0 radical (unpaired) electrons. The number of hydrogen-bond acceptors (Lipinski definition) is 6. The van der Waals surface area contributed by atoms with E-state index in [-0.39, 0.29) is 5.78 Å². The summed E-state index contributed by atoms with van der Waals surface area (Å²) in [5, 5.41) is 3.11. The highest BCUT2D eigenvalue weighted by Crippen LogP contribution is 2.38. The second-order valence-electron chi connectivity index (χ2n) is 6.98. The second-order valence-corrected chi connectivity index (χ2v) is 6.98. The van der Waals surface area contributed by atoms with Gasteiger partial charge in [-0.25, -0.2) is 0 Å². The lowest BCUT2D eigenvalue weighted by molar-refractivity contribution is 0.104. The van der Waals surface area contributed by atoms with Gasteiger partial charge in [0.15, 0.2) is 17.3 Å². The molecule has 33 heavy (non-hydrogen) atoms. The second kappa shape index (κ2) is 11.4. The van der Waals surface area contributed by atoms with Crippen LogP contribution in [0.5, 0.6) is 23.0 Å². The Morgan fingerprint density at radius 2 is 1.33 bits per heavy atom. The van der Waals surface area contributed by atoms with Crippen LogP contribution in [0.25, 0.3) is 12.2 Å². The molecule has 170 valence electrons. The van der Waals surface area contributed by atoms with Crippen LogP contribution in [0.15, 0.2) is 72.9 Å². The van der Waals surface area contributed by atoms with Gasteiger partial charge in [-0.05, 0) is 59.7 Å². The fourth-order valence-electron chi connectivity index (χ4n) is 3.15. The number of ether oxygens (including phenoxy) is 4. The molecule has 0 saturated heterocycles. The van der Waals surface area contributed by atoms with Crippen LogP contribution in [-0.4, -0.2) is 34.2 Å². The molecule has 0 fully saturated rings. The number of benzene rings is 3. The van der Waals surface area contributed by atoms with Gasteiger partial charge in [0.1, 0.15) is 5.75 Å². The standard InChI is InChI=1S/C27H27NO5/c1-30-23-13-9-21(10-14-23)24(29)15-16-28-22-11-7-19(8-12-22)5-6-20-17-25(31-2)27(33-4)26(18-20)32-3/h5-18,28H,1-4H3. The average Bonchev–Trinajstić information content (AvgIpc) is 2.87. The number of ketones is 1. The zero-order chi connectivity index (χ0) is 23.6. The molecule has 0 saturated carbocycles. The molecule has 0 spiro atoms. The fraction of sp³-hybridized carbons (Fsp3) is 0.148. The van der Waals surface area contributed by atoms with Gasteiger partial charge in [-0.15, -0.1) is 0 Å². The lowest BCUT2D eigenvalue weighted by Crippen LogP contribution is -1.96. The fourth-order valence-corrected chi connectivity index (χ4v) is 3.15. The molecule has 6 nitrogen and oxygen atoms in total. The first-order valence-corrected chi connectivity index (χ1v) is 10.3. The molecule has 1 N–H and O–H groups in total. The number of nitrogens with one attached hydrogen (secondary N) is 1. The highest BCUT2D eigenvalue weighted by atomic mass is 16.5. The van der Waals surface area contributed by atoms with Crippen molar-refractivity contribution in [3.8, 4) is 23.0 Å². The van der Waals surface area contributed by atoms with E-state index in [2.05, 4.69) is 5.32 Å². The number of methoxy groups -OCH3 is 4. The first-order valence-electron chi connectivity index (χ1n) is 10.3. The van der Waals surface area contributed by atoms with Gasteiger partial charge in [0, 0.05) is 23.5 Å². The maximum absolute atomic E-state index is 12.2. The summed E-state index contributed by atoms with van der Waals surface area (Å²) in [5.41, 5.74) is 3.42. The van der Waals surface area contributed by atoms with Crippen LogP contribution in [0.3, 0.4) is 0 Å². The molecule has 3 aromatic rings. The van der Waals surface area contributed by atoms with Crippen molar-refractivity contribution in [2.75, 3.05) is 33.8 Å². The van der Waals surface area contributed by atoms with Gasteiger partial charge in [-0.2, -0.15) is 0 Å². The summed E-state index contributed by atoms with van der Waals surface area (Å²) < 4.78 is 21.3. The topological polar surface area (TPSA) is 66.0 Å². The van der Waals surface area contributed by atoms with Gasteiger partial charge in [0.05, 0.1) is 28.4 Å². The highest BCUT2D eigenvalue weighted by molar-refractivity contribution is 6.04. The van der Waals surface area contributed by atoms with Crippen LogP contribution in [0.1, 0.15) is 21.5 Å². The number of allylic oxidation sites excluding steroid dienone is 1. The SMILES string of the molecule is COc1ccc(C(=O)C=CNc2ccc(C=Cc3cc(OC)c(OC)c(OC)c3)cc2)cc1. The molecular weight excluding hydrogens is 418 g/mol. The van der Waals surface area contributed by atoms with Gasteiger partial charge in [-0.1, -0.05) is 24.3 Å². The summed E-state index contributed by atoms with van der Waals surface area (Å²) in [5.74, 6) is 2.40. The van der Waals surface area contributed by atoms with E-state index in [0.717, 1.165) is 16.8 Å². The lowest BCUT2D eigenvalue weighted by Gasteiger charge is -2.12. The van der Waals surface area contributed by atoms with Gasteiger partial charge >= 0.3 is 0 Å². The first kappa shape index (κ1) is 23.5. The van der Waals surface area contributed by atoms with Gasteiger partial charge in [-0.3, -0.25) is 4.79 Å². The Balaban J connectivity index is 1.62. The largest absolute Gasteiger partial charge is 0.497 e. The quantitative estimate of drug-likeness (QED) is 0.245. The van der Waals surface area contributed by atoms with Crippen LogP contribution < -0.4 is 24.3 Å². The number of anilines is 1. The molecule has 0 aliphatic heterocycles. The van der Waals surface area contributed by atoms with Crippen LogP contribution in [-0.2, 0) is 0 Å². The zero-order valence-electron chi connectivity index (χ0n) is 19.1. The molecule has 0 bridgehead atoms. The molecule has 0 aliphatic rings. The van der Waals surface area contributed by atoms with E-state index < -0.39 is 0 Å². The van der Waals surface area contributed by atoms with E-state index in [4.69, 9.17) is 18.9 Å². The Labute approximate surface area is 194 Å². The minimum absolute atomic E-state index is 0.0879. The van der Waals surface area contributed by atoms with E-state index >= 15 is 0 Å². The summed E-state index contributed by atoms with van der Waals surface area (Å²) >= 11 is 0. The Morgan fingerprint density at radius 3 is 1.88 bits per heavy atom. The molecule has 3 rings (SSSR count). The smallest absolute Gasteiger partial charge is 0.203 e.